The van der Waals surface area contributed by atoms with Gasteiger partial charge < -0.3 is 19.0 Å². The number of Topliss-reactive ketones (excluding diaryl/α,β-unsaturated/α-hetero) is 1. The molecule has 0 spiro atoms. The lowest BCUT2D eigenvalue weighted by Crippen LogP contribution is -2.31. The largest absolute Gasteiger partial charge is 0.503 e. The number of hydrogen-bond donors (Lipinski definition) is 1. The minimum absolute atomic E-state index is 0.0354. The van der Waals surface area contributed by atoms with Crippen LogP contribution in [0.15, 0.2) is 82.5 Å². The van der Waals surface area contributed by atoms with Crippen LogP contribution in [0.25, 0.3) is 11.0 Å². The Morgan fingerprint density at radius 2 is 1.74 bits per heavy atom. The number of carbonyl (C=O) groups is 2. The fourth-order valence-electron chi connectivity index (χ4n) is 4.52. The standard InChI is InChI=1S/C28H19ClF3NO6/c1-37-19-5-3-4-14(11-19)23-22(24(34)20-12-15-10-17(29)13-21(38-2)26(15)39-20)25(35)27(36)33(23)18-8-6-16(7-9-18)28(30,31)32/h3-13,23,35H,1-2H3. The summed E-state index contributed by atoms with van der Waals surface area (Å²) in [5.74, 6) is -2.18. The number of aliphatic hydroxyl groups is 1. The van der Waals surface area contributed by atoms with Gasteiger partial charge in [-0.25, -0.2) is 0 Å². The first-order valence-corrected chi connectivity index (χ1v) is 11.8. The van der Waals surface area contributed by atoms with Gasteiger partial charge in [0.25, 0.3) is 5.91 Å². The van der Waals surface area contributed by atoms with Gasteiger partial charge in [-0.1, -0.05) is 23.7 Å². The van der Waals surface area contributed by atoms with Crippen LogP contribution in [-0.2, 0) is 11.0 Å². The summed E-state index contributed by atoms with van der Waals surface area (Å²) in [6, 6.07) is 13.5. The molecule has 0 saturated heterocycles. The number of carbonyl (C=O) groups excluding carboxylic acids is 2. The summed E-state index contributed by atoms with van der Waals surface area (Å²) in [6.07, 6.45) is -4.59. The molecule has 0 radical (unpaired) electrons. The van der Waals surface area contributed by atoms with Crippen molar-refractivity contribution in [2.45, 2.75) is 12.2 Å². The first-order chi connectivity index (χ1) is 18.5. The van der Waals surface area contributed by atoms with E-state index in [2.05, 4.69) is 0 Å². The number of nitrogens with zero attached hydrogens (tertiary/aromatic N) is 1. The Hall–Kier alpha value is -4.44. The molecule has 0 saturated carbocycles. The van der Waals surface area contributed by atoms with Crippen molar-refractivity contribution >= 4 is 39.9 Å². The number of methoxy groups -OCH3 is 2. The van der Waals surface area contributed by atoms with E-state index in [0.29, 0.717) is 21.7 Å². The zero-order valence-corrected chi connectivity index (χ0v) is 21.1. The van der Waals surface area contributed by atoms with Crippen molar-refractivity contribution in [2.75, 3.05) is 19.1 Å². The summed E-state index contributed by atoms with van der Waals surface area (Å²) in [5.41, 5.74) is -0.608. The highest BCUT2D eigenvalue weighted by Crippen LogP contribution is 2.44. The van der Waals surface area contributed by atoms with Crippen molar-refractivity contribution in [2.24, 2.45) is 0 Å². The molecule has 1 aromatic heterocycles. The highest BCUT2D eigenvalue weighted by atomic mass is 35.5. The van der Waals surface area contributed by atoms with Gasteiger partial charge in [-0.2, -0.15) is 13.2 Å². The molecule has 11 heteroatoms. The quantitative estimate of drug-likeness (QED) is 0.259. The SMILES string of the molecule is COc1cccc(C2C(C(=O)c3cc4cc(Cl)cc(OC)c4o3)=C(O)C(=O)N2c2ccc(C(F)(F)F)cc2)c1. The average molecular weight is 558 g/mol. The number of anilines is 1. The van der Waals surface area contributed by atoms with Crippen molar-refractivity contribution in [1.82, 2.24) is 0 Å². The number of benzene rings is 3. The zero-order chi connectivity index (χ0) is 28.1. The van der Waals surface area contributed by atoms with E-state index in [9.17, 15) is 27.9 Å². The molecule has 0 bridgehead atoms. The molecule has 7 nitrogen and oxygen atoms in total. The molecular weight excluding hydrogens is 539 g/mol. The van der Waals surface area contributed by atoms with Crippen molar-refractivity contribution in [3.63, 3.8) is 0 Å². The average Bonchev–Trinajstić information content (AvgIpc) is 3.46. The molecule has 1 N–H and O–H groups in total. The molecule has 0 aliphatic carbocycles. The monoisotopic (exact) mass is 557 g/mol. The van der Waals surface area contributed by atoms with Crippen LogP contribution in [0.3, 0.4) is 0 Å². The van der Waals surface area contributed by atoms with Crippen LogP contribution in [0, 0.1) is 0 Å². The van der Waals surface area contributed by atoms with Crippen LogP contribution >= 0.6 is 11.6 Å². The van der Waals surface area contributed by atoms with Gasteiger partial charge in [0.2, 0.25) is 5.78 Å². The first kappa shape index (κ1) is 26.2. The summed E-state index contributed by atoms with van der Waals surface area (Å²) in [5, 5.41) is 11.7. The zero-order valence-electron chi connectivity index (χ0n) is 20.4. The number of furan rings is 1. The van der Waals surface area contributed by atoms with Crippen LogP contribution < -0.4 is 14.4 Å². The molecule has 1 amide bonds. The number of halogens is 4. The number of rotatable bonds is 6. The summed E-state index contributed by atoms with van der Waals surface area (Å²) in [4.78, 5) is 28.2. The molecule has 3 aromatic carbocycles. The topological polar surface area (TPSA) is 89.2 Å². The predicted octanol–water partition coefficient (Wildman–Crippen LogP) is 6.91. The Morgan fingerprint density at radius 3 is 2.38 bits per heavy atom. The number of ether oxygens (including phenoxy) is 2. The molecule has 2 heterocycles. The molecular formula is C28H19ClF3NO6. The van der Waals surface area contributed by atoms with Gasteiger partial charge in [-0.05, 0) is 54.1 Å². The highest BCUT2D eigenvalue weighted by Gasteiger charge is 2.46. The molecule has 4 aromatic rings. The Labute approximate surface area is 224 Å². The van der Waals surface area contributed by atoms with Crippen LogP contribution in [0.5, 0.6) is 11.5 Å². The third-order valence-corrected chi connectivity index (χ3v) is 6.54. The lowest BCUT2D eigenvalue weighted by Gasteiger charge is -2.27. The summed E-state index contributed by atoms with van der Waals surface area (Å²) in [6.45, 7) is 0. The number of ketones is 1. The van der Waals surface area contributed by atoms with E-state index < -0.39 is 35.2 Å². The number of amides is 1. The van der Waals surface area contributed by atoms with Gasteiger partial charge in [0.1, 0.15) is 5.75 Å². The van der Waals surface area contributed by atoms with Gasteiger partial charge in [-0.15, -0.1) is 0 Å². The summed E-state index contributed by atoms with van der Waals surface area (Å²) < 4.78 is 55.8. The van der Waals surface area contributed by atoms with Crippen molar-refractivity contribution in [3.05, 3.63) is 100.0 Å². The lowest BCUT2D eigenvalue weighted by atomic mass is 9.94. The maximum atomic E-state index is 13.8. The fraction of sp³-hybridized carbons (Fsp3) is 0.143. The molecule has 1 atom stereocenters. The molecule has 1 aliphatic rings. The van der Waals surface area contributed by atoms with Crippen LogP contribution in [0.1, 0.15) is 27.7 Å². The third kappa shape index (κ3) is 4.57. The fourth-order valence-corrected chi connectivity index (χ4v) is 4.74. The second-order valence-electron chi connectivity index (χ2n) is 8.63. The highest BCUT2D eigenvalue weighted by molar-refractivity contribution is 6.31. The van der Waals surface area contributed by atoms with E-state index in [-0.39, 0.29) is 28.4 Å². The van der Waals surface area contributed by atoms with Crippen molar-refractivity contribution in [1.29, 1.82) is 0 Å². The van der Waals surface area contributed by atoms with E-state index in [4.69, 9.17) is 25.5 Å². The molecule has 1 unspecified atom stereocenters. The van der Waals surface area contributed by atoms with Gasteiger partial charge in [0, 0.05) is 22.2 Å². The van der Waals surface area contributed by atoms with Crippen molar-refractivity contribution < 1.29 is 41.8 Å². The van der Waals surface area contributed by atoms with Crippen LogP contribution in [-0.4, -0.2) is 31.0 Å². The lowest BCUT2D eigenvalue weighted by molar-refractivity contribution is -0.137. The van der Waals surface area contributed by atoms with Crippen molar-refractivity contribution in [3.8, 4) is 11.5 Å². The van der Waals surface area contributed by atoms with E-state index in [0.717, 1.165) is 29.2 Å². The van der Waals surface area contributed by atoms with E-state index in [1.54, 1.807) is 30.3 Å². The summed E-state index contributed by atoms with van der Waals surface area (Å²) >= 11 is 6.13. The first-order valence-electron chi connectivity index (χ1n) is 11.4. The predicted molar refractivity (Wildman–Crippen MR) is 136 cm³/mol. The molecule has 200 valence electrons. The minimum atomic E-state index is -4.59. The number of aliphatic hydroxyl groups excluding tert-OH is 1. The number of fused-ring (bicyclic) bond motifs is 1. The van der Waals surface area contributed by atoms with Gasteiger partial charge in [0.15, 0.2) is 22.9 Å². The van der Waals surface area contributed by atoms with Crippen LogP contribution in [0.2, 0.25) is 5.02 Å². The van der Waals surface area contributed by atoms with Gasteiger partial charge >= 0.3 is 6.18 Å². The normalized spacial score (nSPS) is 15.8. The molecule has 0 fully saturated rings. The Morgan fingerprint density at radius 1 is 1.03 bits per heavy atom. The number of hydrogen-bond acceptors (Lipinski definition) is 6. The van der Waals surface area contributed by atoms with E-state index >= 15 is 0 Å². The maximum absolute atomic E-state index is 13.8. The second-order valence-corrected chi connectivity index (χ2v) is 9.06. The smallest absolute Gasteiger partial charge is 0.416 e. The Balaban J connectivity index is 1.65. The third-order valence-electron chi connectivity index (χ3n) is 6.33. The summed E-state index contributed by atoms with van der Waals surface area (Å²) in [7, 11) is 2.83. The maximum Gasteiger partial charge on any atom is 0.416 e. The number of alkyl halides is 3. The van der Waals surface area contributed by atoms with Gasteiger partial charge in [0.05, 0.1) is 31.4 Å². The second kappa shape index (κ2) is 9.70. The van der Waals surface area contributed by atoms with Gasteiger partial charge in [-0.3, -0.25) is 14.5 Å². The van der Waals surface area contributed by atoms with E-state index in [1.165, 1.54) is 26.4 Å². The minimum Gasteiger partial charge on any atom is -0.503 e. The van der Waals surface area contributed by atoms with Crippen LogP contribution in [0.4, 0.5) is 18.9 Å². The molecule has 39 heavy (non-hydrogen) atoms. The molecule has 5 rings (SSSR count). The Bertz CT molecular complexity index is 1640. The molecule has 1 aliphatic heterocycles. The van der Waals surface area contributed by atoms with E-state index in [1.807, 2.05) is 0 Å². The Kier molecular flexibility index (Phi) is 6.51.